The Bertz CT molecular complexity index is 3020. The Balaban J connectivity index is 1.16. The summed E-state index contributed by atoms with van der Waals surface area (Å²) in [6, 6.07) is 3.88. The quantitative estimate of drug-likeness (QED) is 0.0321. The minimum absolute atomic E-state index is 0.0243. The number of hydrogen-bond donors (Lipinski definition) is 6. The second kappa shape index (κ2) is 25.4. The molecule has 19 nitrogen and oxygen atoms in total. The highest BCUT2D eigenvalue weighted by molar-refractivity contribution is 5.87. The molecule has 2 bridgehead atoms. The fraction of sp³-hybridized carbons (Fsp3) is 0.500. The monoisotopic (exact) mass is 1180 g/mol. The molecule has 3 fully saturated rings. The van der Waals surface area contributed by atoms with Crippen molar-refractivity contribution in [2.45, 2.75) is 128 Å². The van der Waals surface area contributed by atoms with Crippen molar-refractivity contribution < 1.29 is 87.6 Å². The van der Waals surface area contributed by atoms with E-state index in [0.717, 1.165) is 38.8 Å². The van der Waals surface area contributed by atoms with E-state index in [9.17, 15) is 69.3 Å². The maximum Gasteiger partial charge on any atom is 0.407 e. The maximum absolute atomic E-state index is 16.0. The van der Waals surface area contributed by atoms with E-state index in [1.807, 2.05) is 21.7 Å². The smallest absolute Gasteiger partial charge is 0.407 e. The van der Waals surface area contributed by atoms with E-state index < -0.39 is 121 Å². The van der Waals surface area contributed by atoms with Gasteiger partial charge in [0, 0.05) is 79.5 Å². The molecule has 3 aliphatic heterocycles. The Hall–Kier alpha value is -7.71. The normalized spacial score (nSPS) is 18.9. The lowest BCUT2D eigenvalue weighted by Crippen LogP contribution is -2.63. The van der Waals surface area contributed by atoms with E-state index in [1.54, 1.807) is 12.3 Å². The number of aromatic nitrogens is 3. The van der Waals surface area contributed by atoms with E-state index in [-0.39, 0.29) is 39.4 Å². The summed E-state index contributed by atoms with van der Waals surface area (Å²) < 4.78 is 156. The van der Waals surface area contributed by atoms with Crippen LogP contribution in [0, 0.1) is 34.3 Å². The molecule has 6 N–H and O–H groups in total. The molecule has 0 radical (unpaired) electrons. The predicted molar refractivity (Wildman–Crippen MR) is 274 cm³/mol. The molecular formula is C54H60F10N10O9. The Morgan fingerprint density at radius 1 is 0.807 bits per heavy atom. The number of hydrazine groups is 1. The number of aliphatic hydroxyl groups is 1. The molecule has 29 heteroatoms. The van der Waals surface area contributed by atoms with E-state index in [1.165, 1.54) is 29.6 Å². The first-order valence-electron chi connectivity index (χ1n) is 26.0. The number of benzene rings is 2. The van der Waals surface area contributed by atoms with Crippen molar-refractivity contribution in [3.05, 3.63) is 101 Å². The van der Waals surface area contributed by atoms with E-state index >= 15 is 8.78 Å². The second-order valence-electron chi connectivity index (χ2n) is 21.4. The van der Waals surface area contributed by atoms with Crippen LogP contribution in [0.1, 0.15) is 82.2 Å². The standard InChI is InChI=1S/C54H60F10N10O9/c1-51(2,53(59,60)61)43(69-50(81)82-5)45(76)67-39(19-30-11-8-29(9-12-30)10-13-31-14-17-42(65-22-31)71-25-34-15-16-35(26-71)74(34)47(78)41-7-6-18-83-41)40(75)28-72(70-46(77)44(68-49(79)80)52(3,4)54(62,63)64)27-36-37(55)20-32(21-38(36)56)33-23-66-73(24-33)48(57)58/h8-9,11-12,14,17,20-24,34-35,39-41,43-44,48,68,75H,6-7,15-16,18-19,25-28H2,1-5H3,(H,67,76)(H,69,81)(H,70,77)(H,79,80)/t34?,35?,39?,40?,41-,43?,44?/m0/s1. The molecule has 0 aliphatic carbocycles. The van der Waals surface area contributed by atoms with Gasteiger partial charge in [0.05, 0.1) is 36.3 Å². The number of aliphatic hydroxyl groups excluding tert-OH is 1. The largest absolute Gasteiger partial charge is 0.465 e. The highest BCUT2D eigenvalue weighted by Gasteiger charge is 2.57. The number of hydrogen-bond acceptors (Lipinski definition) is 12. The van der Waals surface area contributed by atoms with Gasteiger partial charge in [-0.25, -0.2) is 33.0 Å². The van der Waals surface area contributed by atoms with Crippen molar-refractivity contribution in [2.75, 3.05) is 38.3 Å². The minimum Gasteiger partial charge on any atom is -0.465 e. The molecule has 2 aromatic carbocycles. The molecule has 3 aliphatic rings. The zero-order valence-electron chi connectivity index (χ0n) is 45.3. The Morgan fingerprint density at radius 3 is 1.92 bits per heavy atom. The number of ether oxygens (including phenoxy) is 2. The Labute approximate surface area is 469 Å². The summed E-state index contributed by atoms with van der Waals surface area (Å²) in [5, 5.41) is 31.0. The number of rotatable bonds is 19. The number of halogens is 10. The van der Waals surface area contributed by atoms with Crippen LogP contribution in [-0.4, -0.2) is 153 Å². The zero-order valence-corrected chi connectivity index (χ0v) is 45.3. The van der Waals surface area contributed by atoms with Crippen LogP contribution >= 0.6 is 0 Å². The number of amides is 5. The first-order valence-corrected chi connectivity index (χ1v) is 26.0. The summed E-state index contributed by atoms with van der Waals surface area (Å²) in [4.78, 5) is 74.1. The van der Waals surface area contributed by atoms with Crippen LogP contribution in [-0.2, 0) is 36.8 Å². The topological polar surface area (TPSA) is 233 Å². The van der Waals surface area contributed by atoms with Crippen molar-refractivity contribution >= 4 is 35.7 Å². The Morgan fingerprint density at radius 2 is 1.40 bits per heavy atom. The van der Waals surface area contributed by atoms with Gasteiger partial charge < -0.3 is 45.4 Å². The molecule has 83 heavy (non-hydrogen) atoms. The molecular weight excluding hydrogens is 1120 g/mol. The summed E-state index contributed by atoms with van der Waals surface area (Å²) in [7, 11) is 0.805. The molecule has 5 amide bonds. The van der Waals surface area contributed by atoms with E-state index in [2.05, 4.69) is 36.9 Å². The van der Waals surface area contributed by atoms with Gasteiger partial charge in [0.1, 0.15) is 35.6 Å². The molecule has 4 aromatic rings. The number of nitrogens with zero attached hydrogens (tertiary/aromatic N) is 6. The molecule has 2 aromatic heterocycles. The van der Waals surface area contributed by atoms with Gasteiger partial charge in [0.15, 0.2) is 0 Å². The highest BCUT2D eigenvalue weighted by Crippen LogP contribution is 2.42. The van der Waals surface area contributed by atoms with Gasteiger partial charge in [-0.15, -0.1) is 0 Å². The van der Waals surface area contributed by atoms with Gasteiger partial charge in [-0.2, -0.15) is 40.2 Å². The fourth-order valence-corrected chi connectivity index (χ4v) is 9.91. The number of anilines is 1. The number of piperazine rings is 1. The van der Waals surface area contributed by atoms with Crippen molar-refractivity contribution in [2.24, 2.45) is 10.8 Å². The summed E-state index contributed by atoms with van der Waals surface area (Å²) in [5.41, 5.74) is -4.63. The number of carbonyl (C=O) groups is 5. The van der Waals surface area contributed by atoms with Crippen LogP contribution in [0.25, 0.3) is 11.1 Å². The number of alkyl halides is 8. The third-order valence-corrected chi connectivity index (χ3v) is 15.0. The number of alkyl carbamates (subject to hydrolysis) is 1. The van der Waals surface area contributed by atoms with Crippen LogP contribution < -0.4 is 26.3 Å². The van der Waals surface area contributed by atoms with Crippen LogP contribution in [0.3, 0.4) is 0 Å². The van der Waals surface area contributed by atoms with Crippen molar-refractivity contribution in [1.82, 2.24) is 46.0 Å². The molecule has 3 saturated heterocycles. The summed E-state index contributed by atoms with van der Waals surface area (Å²) in [5.74, 6) is 0.465. The molecule has 5 heterocycles. The average molecular weight is 1180 g/mol. The van der Waals surface area contributed by atoms with Gasteiger partial charge in [-0.05, 0) is 107 Å². The second-order valence-corrected chi connectivity index (χ2v) is 21.4. The molecule has 6 unspecified atom stereocenters. The van der Waals surface area contributed by atoms with E-state index in [4.69, 9.17) is 4.74 Å². The maximum atomic E-state index is 16.0. The predicted octanol–water partition coefficient (Wildman–Crippen LogP) is 6.84. The van der Waals surface area contributed by atoms with Gasteiger partial charge in [0.2, 0.25) is 5.91 Å². The lowest BCUT2D eigenvalue weighted by molar-refractivity contribution is -0.221. The van der Waals surface area contributed by atoms with Crippen LogP contribution in [0.15, 0.2) is 67.1 Å². The summed E-state index contributed by atoms with van der Waals surface area (Å²) in [6.07, 6.45) is -10.7. The van der Waals surface area contributed by atoms with Gasteiger partial charge in [0.25, 0.3) is 11.8 Å². The number of fused-ring (bicyclic) bond motifs is 2. The third kappa shape index (κ3) is 14.7. The van der Waals surface area contributed by atoms with Crippen molar-refractivity contribution in [1.29, 1.82) is 0 Å². The van der Waals surface area contributed by atoms with Crippen molar-refractivity contribution in [3.8, 4) is 23.0 Å². The fourth-order valence-electron chi connectivity index (χ4n) is 9.91. The highest BCUT2D eigenvalue weighted by atomic mass is 19.4. The molecule has 450 valence electrons. The lowest BCUT2D eigenvalue weighted by atomic mass is 9.82. The number of nitrogens with one attached hydrogen (secondary N) is 4. The number of carboxylic acid groups (broad SMARTS) is 1. The van der Waals surface area contributed by atoms with E-state index in [0.29, 0.717) is 87.9 Å². The van der Waals surface area contributed by atoms with Gasteiger partial charge in [-0.3, -0.25) is 19.8 Å². The average Bonchev–Trinajstić information content (AvgIpc) is 3.76. The first kappa shape index (κ1) is 62.9. The van der Waals surface area contributed by atoms with Gasteiger partial charge in [-0.1, -0.05) is 24.0 Å². The number of pyridine rings is 1. The molecule has 7 rings (SSSR count). The minimum atomic E-state index is -5.29. The molecule has 0 saturated carbocycles. The van der Waals surface area contributed by atoms with Gasteiger partial charge >= 0.3 is 31.1 Å². The first-order chi connectivity index (χ1) is 38.9. The number of carbonyl (C=O) groups excluding carboxylic acids is 4. The SMILES string of the molecule is COC(=O)NC(C(=O)NC(Cc1ccc(C#Cc2ccc(N3CC4CCC(C3)N4C(=O)[C@@H]3CCCO3)nc2)cc1)C(O)CN(Cc1c(F)cc(-c2cnn(C(F)F)c2)cc1F)NC(=O)C(NC(=O)O)C(C)(C)C(F)(F)F)C(C)(C)C(F)(F)F. The zero-order chi connectivity index (χ0) is 60.9. The number of methoxy groups -OCH3 is 1. The van der Waals surface area contributed by atoms with Crippen LogP contribution in [0.5, 0.6) is 0 Å². The summed E-state index contributed by atoms with van der Waals surface area (Å²) >= 11 is 0. The van der Waals surface area contributed by atoms with Crippen molar-refractivity contribution in [3.63, 3.8) is 0 Å². The molecule has 0 spiro atoms. The Kier molecular flexibility index (Phi) is 19.3. The third-order valence-electron chi connectivity index (χ3n) is 15.0. The van der Waals surface area contributed by atoms with Crippen LogP contribution in [0.4, 0.5) is 59.3 Å². The van der Waals surface area contributed by atoms with Crippen LogP contribution in [0.2, 0.25) is 0 Å². The summed E-state index contributed by atoms with van der Waals surface area (Å²) in [6.45, 7) is -1.65. The lowest BCUT2D eigenvalue weighted by Gasteiger charge is -2.42. The molecule has 7 atom stereocenters.